The molecule has 0 atom stereocenters. The van der Waals surface area contributed by atoms with Gasteiger partial charge < -0.3 is 9.84 Å². The standard InChI is InChI=1S/C12H14N2O5/c1-7-5-9(12(17)18)3-4-10(7)19-6-11(16)14-13-8(2)15/h3-5H,6H2,1-2H3,(H,13,15)(H,14,16)(H,17,18). The number of rotatable bonds is 4. The first-order chi connectivity index (χ1) is 8.90. The van der Waals surface area contributed by atoms with Gasteiger partial charge in [-0.2, -0.15) is 0 Å². The van der Waals surface area contributed by atoms with Crippen LogP contribution in [0, 0.1) is 6.92 Å². The Morgan fingerprint density at radius 3 is 2.47 bits per heavy atom. The third-order valence-corrected chi connectivity index (χ3v) is 2.16. The number of carbonyl (C=O) groups is 3. The molecule has 19 heavy (non-hydrogen) atoms. The Morgan fingerprint density at radius 1 is 1.26 bits per heavy atom. The van der Waals surface area contributed by atoms with Crippen molar-refractivity contribution in [1.82, 2.24) is 10.9 Å². The van der Waals surface area contributed by atoms with E-state index < -0.39 is 17.8 Å². The second-order valence-corrected chi connectivity index (χ2v) is 3.80. The number of ether oxygens (including phenoxy) is 1. The van der Waals surface area contributed by atoms with E-state index in [0.29, 0.717) is 11.3 Å². The molecule has 0 heterocycles. The first kappa shape index (κ1) is 14.5. The fourth-order valence-corrected chi connectivity index (χ4v) is 1.28. The molecule has 7 nitrogen and oxygen atoms in total. The van der Waals surface area contributed by atoms with E-state index >= 15 is 0 Å². The molecular formula is C12H14N2O5. The number of hydrogen-bond acceptors (Lipinski definition) is 4. The van der Waals surface area contributed by atoms with Gasteiger partial charge in [0, 0.05) is 6.92 Å². The third-order valence-electron chi connectivity index (χ3n) is 2.16. The Balaban J connectivity index is 2.56. The van der Waals surface area contributed by atoms with Gasteiger partial charge in [-0.15, -0.1) is 0 Å². The molecule has 1 rings (SSSR count). The maximum Gasteiger partial charge on any atom is 0.335 e. The van der Waals surface area contributed by atoms with Crippen molar-refractivity contribution in [2.45, 2.75) is 13.8 Å². The van der Waals surface area contributed by atoms with E-state index in [1.54, 1.807) is 6.92 Å². The molecule has 0 aliphatic rings. The summed E-state index contributed by atoms with van der Waals surface area (Å²) in [6.07, 6.45) is 0. The highest BCUT2D eigenvalue weighted by atomic mass is 16.5. The average Bonchev–Trinajstić information content (AvgIpc) is 2.34. The highest BCUT2D eigenvalue weighted by molar-refractivity contribution is 5.88. The molecule has 102 valence electrons. The number of hydrogen-bond donors (Lipinski definition) is 3. The van der Waals surface area contributed by atoms with Crippen molar-refractivity contribution in [3.05, 3.63) is 29.3 Å². The van der Waals surface area contributed by atoms with E-state index in [4.69, 9.17) is 9.84 Å². The predicted molar refractivity (Wildman–Crippen MR) is 65.6 cm³/mol. The fourth-order valence-electron chi connectivity index (χ4n) is 1.28. The summed E-state index contributed by atoms with van der Waals surface area (Å²) in [7, 11) is 0. The SMILES string of the molecule is CC(=O)NNC(=O)COc1ccc(C(=O)O)cc1C. The smallest absolute Gasteiger partial charge is 0.335 e. The zero-order valence-corrected chi connectivity index (χ0v) is 10.5. The van der Waals surface area contributed by atoms with Crippen LogP contribution in [0.3, 0.4) is 0 Å². The monoisotopic (exact) mass is 266 g/mol. The van der Waals surface area contributed by atoms with Gasteiger partial charge in [0.05, 0.1) is 5.56 Å². The summed E-state index contributed by atoms with van der Waals surface area (Å²) in [5.74, 6) is -1.53. The van der Waals surface area contributed by atoms with E-state index in [2.05, 4.69) is 10.9 Å². The molecule has 0 spiro atoms. The zero-order valence-electron chi connectivity index (χ0n) is 10.5. The van der Waals surface area contributed by atoms with Gasteiger partial charge in [0.2, 0.25) is 5.91 Å². The van der Waals surface area contributed by atoms with Crippen molar-refractivity contribution in [1.29, 1.82) is 0 Å². The number of benzene rings is 1. The summed E-state index contributed by atoms with van der Waals surface area (Å²) in [5, 5.41) is 8.80. The van der Waals surface area contributed by atoms with E-state index in [1.807, 2.05) is 0 Å². The quantitative estimate of drug-likeness (QED) is 0.677. The number of carboxylic acids is 1. The van der Waals surface area contributed by atoms with Crippen LogP contribution in [0.25, 0.3) is 0 Å². The Bertz CT molecular complexity index is 513. The van der Waals surface area contributed by atoms with Crippen LogP contribution in [0.1, 0.15) is 22.8 Å². The maximum atomic E-state index is 11.3. The summed E-state index contributed by atoms with van der Waals surface area (Å²) in [5.41, 5.74) is 5.02. The van der Waals surface area contributed by atoms with E-state index in [-0.39, 0.29) is 12.2 Å². The Morgan fingerprint density at radius 2 is 1.95 bits per heavy atom. The van der Waals surface area contributed by atoms with Crippen molar-refractivity contribution < 1.29 is 24.2 Å². The fraction of sp³-hybridized carbons (Fsp3) is 0.250. The van der Waals surface area contributed by atoms with Gasteiger partial charge in [-0.25, -0.2) is 4.79 Å². The molecule has 0 radical (unpaired) electrons. The highest BCUT2D eigenvalue weighted by Crippen LogP contribution is 2.18. The zero-order chi connectivity index (χ0) is 14.4. The summed E-state index contributed by atoms with van der Waals surface area (Å²) in [4.78, 5) is 32.6. The second-order valence-electron chi connectivity index (χ2n) is 3.80. The first-order valence-electron chi connectivity index (χ1n) is 5.42. The maximum absolute atomic E-state index is 11.3. The lowest BCUT2D eigenvalue weighted by molar-refractivity contribution is -0.129. The van der Waals surface area contributed by atoms with E-state index in [1.165, 1.54) is 25.1 Å². The molecule has 0 saturated heterocycles. The van der Waals surface area contributed by atoms with Gasteiger partial charge in [-0.3, -0.25) is 20.4 Å². The summed E-state index contributed by atoms with van der Waals surface area (Å²) in [6, 6.07) is 4.31. The van der Waals surface area contributed by atoms with Gasteiger partial charge in [0.1, 0.15) is 5.75 Å². The highest BCUT2D eigenvalue weighted by Gasteiger charge is 2.08. The lowest BCUT2D eigenvalue weighted by Crippen LogP contribution is -2.42. The molecule has 0 unspecified atom stereocenters. The Labute approximate surface area is 109 Å². The predicted octanol–water partition coefficient (Wildman–Crippen LogP) is 0.239. The number of amides is 2. The summed E-state index contributed by atoms with van der Waals surface area (Å²) >= 11 is 0. The van der Waals surface area contributed by atoms with Crippen LogP contribution in [0.15, 0.2) is 18.2 Å². The van der Waals surface area contributed by atoms with Gasteiger partial charge >= 0.3 is 5.97 Å². The third kappa shape index (κ3) is 4.66. The molecule has 0 bridgehead atoms. The van der Waals surface area contributed by atoms with Crippen LogP contribution in [-0.4, -0.2) is 29.5 Å². The van der Waals surface area contributed by atoms with Crippen LogP contribution in [-0.2, 0) is 9.59 Å². The topological polar surface area (TPSA) is 105 Å². The average molecular weight is 266 g/mol. The van der Waals surface area contributed by atoms with Crippen molar-refractivity contribution in [2.24, 2.45) is 0 Å². The van der Waals surface area contributed by atoms with E-state index in [9.17, 15) is 14.4 Å². The molecule has 3 N–H and O–H groups in total. The lowest BCUT2D eigenvalue weighted by atomic mass is 10.1. The van der Waals surface area contributed by atoms with Gasteiger partial charge in [0.15, 0.2) is 6.61 Å². The van der Waals surface area contributed by atoms with E-state index in [0.717, 1.165) is 0 Å². The van der Waals surface area contributed by atoms with Gasteiger partial charge in [0.25, 0.3) is 5.91 Å². The second kappa shape index (κ2) is 6.39. The molecule has 7 heteroatoms. The molecular weight excluding hydrogens is 252 g/mol. The number of nitrogens with one attached hydrogen (secondary N) is 2. The van der Waals surface area contributed by atoms with Crippen molar-refractivity contribution >= 4 is 17.8 Å². The number of carbonyl (C=O) groups excluding carboxylic acids is 2. The molecule has 1 aromatic carbocycles. The minimum Gasteiger partial charge on any atom is -0.483 e. The largest absolute Gasteiger partial charge is 0.483 e. The van der Waals surface area contributed by atoms with Gasteiger partial charge in [-0.1, -0.05) is 0 Å². The Hall–Kier alpha value is -2.57. The number of carboxylic acid groups (broad SMARTS) is 1. The molecule has 0 aliphatic heterocycles. The molecule has 0 saturated carbocycles. The van der Waals surface area contributed by atoms with Gasteiger partial charge in [-0.05, 0) is 30.7 Å². The summed E-state index contributed by atoms with van der Waals surface area (Å²) in [6.45, 7) is 2.65. The molecule has 1 aromatic rings. The van der Waals surface area contributed by atoms with Crippen LogP contribution in [0.5, 0.6) is 5.75 Å². The lowest BCUT2D eigenvalue weighted by Gasteiger charge is -2.10. The molecule has 0 aliphatic carbocycles. The molecule has 0 fully saturated rings. The van der Waals surface area contributed by atoms with Crippen molar-refractivity contribution in [3.63, 3.8) is 0 Å². The first-order valence-corrected chi connectivity index (χ1v) is 5.42. The van der Waals surface area contributed by atoms with Crippen molar-refractivity contribution in [3.8, 4) is 5.75 Å². The summed E-state index contributed by atoms with van der Waals surface area (Å²) < 4.78 is 5.21. The number of aryl methyl sites for hydroxylation is 1. The van der Waals surface area contributed by atoms with Crippen LogP contribution in [0.2, 0.25) is 0 Å². The normalized spacial score (nSPS) is 9.58. The molecule has 0 aromatic heterocycles. The van der Waals surface area contributed by atoms with Crippen LogP contribution < -0.4 is 15.6 Å². The van der Waals surface area contributed by atoms with Crippen LogP contribution >= 0.6 is 0 Å². The van der Waals surface area contributed by atoms with Crippen molar-refractivity contribution in [2.75, 3.05) is 6.61 Å². The number of aromatic carboxylic acids is 1. The Kier molecular flexibility index (Phi) is 4.87. The minimum absolute atomic E-state index is 0.146. The number of hydrazine groups is 1. The van der Waals surface area contributed by atoms with Crippen LogP contribution in [0.4, 0.5) is 0 Å². The molecule has 2 amide bonds. The minimum atomic E-state index is -1.03.